The summed E-state index contributed by atoms with van der Waals surface area (Å²) in [6.45, 7) is 11.7. The van der Waals surface area contributed by atoms with Crippen molar-refractivity contribution in [3.8, 4) is 11.5 Å². The predicted octanol–water partition coefficient (Wildman–Crippen LogP) is 4.39. The molecule has 0 bridgehead atoms. The van der Waals surface area contributed by atoms with Crippen molar-refractivity contribution in [2.75, 3.05) is 13.7 Å². The number of hydrogen-bond acceptors (Lipinski definition) is 9. The summed E-state index contributed by atoms with van der Waals surface area (Å²) in [5, 5.41) is 3.07. The quantitative estimate of drug-likeness (QED) is 0.250. The fourth-order valence-electron chi connectivity index (χ4n) is 3.28. The van der Waals surface area contributed by atoms with E-state index in [1.54, 1.807) is 32.0 Å². The Kier molecular flexibility index (Phi) is 14.5. The third-order valence-corrected chi connectivity index (χ3v) is 5.51. The van der Waals surface area contributed by atoms with Crippen LogP contribution in [0.5, 0.6) is 11.5 Å². The molecule has 0 saturated heterocycles. The van der Waals surface area contributed by atoms with E-state index in [0.717, 1.165) is 0 Å². The molecule has 0 amide bonds. The van der Waals surface area contributed by atoms with Crippen molar-refractivity contribution in [2.24, 2.45) is 11.8 Å². The molecule has 208 valence electrons. The van der Waals surface area contributed by atoms with Crippen LogP contribution in [0.15, 0.2) is 18.2 Å². The first-order valence-corrected chi connectivity index (χ1v) is 13.0. The fraction of sp³-hybridized carbons (Fsp3) is 0.643. The molecular weight excluding hydrogens is 478 g/mol. The third-order valence-electron chi connectivity index (χ3n) is 5.51. The smallest absolute Gasteiger partial charge is 0.323 e. The summed E-state index contributed by atoms with van der Waals surface area (Å²) in [5.74, 6) is -0.710. The van der Waals surface area contributed by atoms with E-state index in [4.69, 9.17) is 18.9 Å². The molecule has 0 aliphatic heterocycles. The molecule has 0 spiro atoms. The van der Waals surface area contributed by atoms with Crippen molar-refractivity contribution >= 4 is 23.9 Å². The van der Waals surface area contributed by atoms with Crippen LogP contribution in [0.3, 0.4) is 0 Å². The first-order chi connectivity index (χ1) is 17.4. The highest BCUT2D eigenvalue weighted by atomic mass is 16.6. The molecule has 1 aromatic carbocycles. The number of methoxy groups -OCH3 is 1. The molecule has 1 rings (SSSR count). The summed E-state index contributed by atoms with van der Waals surface area (Å²) < 4.78 is 21.3. The van der Waals surface area contributed by atoms with E-state index >= 15 is 0 Å². The summed E-state index contributed by atoms with van der Waals surface area (Å²) in [7, 11) is 1.29. The standard InChI is InChI=1S/C28H43NO8/c1-8-25(30)35-20(6)17-29-22(28(33)34-7)15-21-11-12-23(36-26(31)13-9-18(2)3)24(16-21)37-27(32)14-10-19(4)5/h11-12,16,18-20,22,29H,8-10,13-15,17H2,1-7H3/t20?,22-/m0/s1. The summed E-state index contributed by atoms with van der Waals surface area (Å²) in [4.78, 5) is 48.7. The van der Waals surface area contributed by atoms with Gasteiger partial charge in [0.15, 0.2) is 11.5 Å². The van der Waals surface area contributed by atoms with Gasteiger partial charge in [-0.1, -0.05) is 40.7 Å². The largest absolute Gasteiger partial charge is 0.468 e. The minimum absolute atomic E-state index is 0.123. The second kappa shape index (κ2) is 16.7. The normalized spacial score (nSPS) is 12.7. The molecule has 37 heavy (non-hydrogen) atoms. The van der Waals surface area contributed by atoms with Gasteiger partial charge < -0.3 is 24.3 Å². The van der Waals surface area contributed by atoms with E-state index in [0.29, 0.717) is 30.2 Å². The lowest BCUT2D eigenvalue weighted by Crippen LogP contribution is -2.43. The van der Waals surface area contributed by atoms with Crippen molar-refractivity contribution in [1.82, 2.24) is 5.32 Å². The van der Waals surface area contributed by atoms with Crippen LogP contribution in [0.25, 0.3) is 0 Å². The van der Waals surface area contributed by atoms with Crippen molar-refractivity contribution in [1.29, 1.82) is 0 Å². The zero-order chi connectivity index (χ0) is 28.0. The minimum atomic E-state index is -0.739. The molecule has 1 N–H and O–H groups in total. The van der Waals surface area contributed by atoms with Crippen LogP contribution in [-0.4, -0.2) is 49.7 Å². The first-order valence-electron chi connectivity index (χ1n) is 13.0. The van der Waals surface area contributed by atoms with Gasteiger partial charge in [-0.15, -0.1) is 0 Å². The number of nitrogens with one attached hydrogen (secondary N) is 1. The molecule has 0 saturated carbocycles. The number of ether oxygens (including phenoxy) is 4. The molecule has 0 fully saturated rings. The van der Waals surface area contributed by atoms with Crippen LogP contribution >= 0.6 is 0 Å². The molecule has 1 unspecified atom stereocenters. The van der Waals surface area contributed by atoms with Gasteiger partial charge in [0.25, 0.3) is 0 Å². The Balaban J connectivity index is 3.07. The molecule has 9 nitrogen and oxygen atoms in total. The van der Waals surface area contributed by atoms with Crippen molar-refractivity contribution in [3.63, 3.8) is 0 Å². The predicted molar refractivity (Wildman–Crippen MR) is 139 cm³/mol. The van der Waals surface area contributed by atoms with Crippen molar-refractivity contribution in [3.05, 3.63) is 23.8 Å². The Bertz CT molecular complexity index is 896. The van der Waals surface area contributed by atoms with Gasteiger partial charge in [-0.25, -0.2) is 0 Å². The van der Waals surface area contributed by atoms with Gasteiger partial charge in [0.2, 0.25) is 0 Å². The number of carbonyl (C=O) groups excluding carboxylic acids is 4. The lowest BCUT2D eigenvalue weighted by molar-refractivity contribution is -0.148. The van der Waals surface area contributed by atoms with Gasteiger partial charge in [-0.2, -0.15) is 0 Å². The Morgan fingerprint density at radius 2 is 1.41 bits per heavy atom. The Labute approximate surface area is 220 Å². The zero-order valence-corrected chi connectivity index (χ0v) is 23.3. The maximum Gasteiger partial charge on any atom is 0.323 e. The maximum atomic E-state index is 12.5. The van der Waals surface area contributed by atoms with Crippen LogP contribution in [0.2, 0.25) is 0 Å². The van der Waals surface area contributed by atoms with E-state index in [1.807, 2.05) is 27.7 Å². The van der Waals surface area contributed by atoms with Gasteiger partial charge in [0, 0.05) is 25.8 Å². The van der Waals surface area contributed by atoms with Crippen LogP contribution in [-0.2, 0) is 35.1 Å². The van der Waals surface area contributed by atoms with Crippen LogP contribution in [0.4, 0.5) is 0 Å². The highest BCUT2D eigenvalue weighted by Crippen LogP contribution is 2.30. The van der Waals surface area contributed by atoms with Crippen molar-refractivity contribution < 1.29 is 38.1 Å². The van der Waals surface area contributed by atoms with Gasteiger partial charge in [-0.05, 0) is 55.7 Å². The SMILES string of the molecule is CCC(=O)OC(C)CN[C@@H](Cc1ccc(OC(=O)CCC(C)C)c(OC(=O)CCC(C)C)c1)C(=O)OC. The summed E-state index contributed by atoms with van der Waals surface area (Å²) in [5.41, 5.74) is 0.662. The summed E-state index contributed by atoms with van der Waals surface area (Å²) in [6, 6.07) is 4.12. The zero-order valence-electron chi connectivity index (χ0n) is 23.3. The molecule has 0 aliphatic carbocycles. The molecule has 0 aromatic heterocycles. The van der Waals surface area contributed by atoms with Crippen LogP contribution < -0.4 is 14.8 Å². The van der Waals surface area contributed by atoms with Gasteiger partial charge in [0.1, 0.15) is 12.1 Å². The van der Waals surface area contributed by atoms with Crippen molar-refractivity contribution in [2.45, 2.75) is 92.2 Å². The number of hydrogen-bond donors (Lipinski definition) is 1. The highest BCUT2D eigenvalue weighted by molar-refractivity contribution is 5.77. The average molecular weight is 522 g/mol. The third kappa shape index (κ3) is 13.3. The molecule has 9 heteroatoms. The second-order valence-electron chi connectivity index (χ2n) is 9.94. The maximum absolute atomic E-state index is 12.5. The molecule has 0 heterocycles. The van der Waals surface area contributed by atoms with Gasteiger partial charge in [-0.3, -0.25) is 19.2 Å². The van der Waals surface area contributed by atoms with E-state index in [1.165, 1.54) is 7.11 Å². The van der Waals surface area contributed by atoms with Gasteiger partial charge in [0.05, 0.1) is 7.11 Å². The van der Waals surface area contributed by atoms with E-state index < -0.39 is 30.1 Å². The summed E-state index contributed by atoms with van der Waals surface area (Å²) >= 11 is 0. The van der Waals surface area contributed by atoms with Crippen LogP contribution in [0, 0.1) is 11.8 Å². The van der Waals surface area contributed by atoms with Gasteiger partial charge >= 0.3 is 23.9 Å². The average Bonchev–Trinajstić information content (AvgIpc) is 2.84. The number of carbonyl (C=O) groups is 4. The number of esters is 4. The number of rotatable bonds is 16. The Hall–Kier alpha value is -2.94. The minimum Gasteiger partial charge on any atom is -0.468 e. The Morgan fingerprint density at radius 1 is 0.838 bits per heavy atom. The second-order valence-corrected chi connectivity index (χ2v) is 9.94. The monoisotopic (exact) mass is 521 g/mol. The van der Waals surface area contributed by atoms with E-state index in [9.17, 15) is 19.2 Å². The summed E-state index contributed by atoms with van der Waals surface area (Å²) in [6.07, 6.45) is 1.84. The molecule has 0 radical (unpaired) electrons. The first kappa shape index (κ1) is 32.1. The lowest BCUT2D eigenvalue weighted by Gasteiger charge is -2.20. The number of benzene rings is 1. The fourth-order valence-corrected chi connectivity index (χ4v) is 3.28. The molecule has 0 aliphatic rings. The van der Waals surface area contributed by atoms with E-state index in [-0.39, 0.29) is 49.7 Å². The van der Waals surface area contributed by atoms with Crippen LogP contribution in [0.1, 0.15) is 79.2 Å². The topological polar surface area (TPSA) is 117 Å². The Morgan fingerprint density at radius 3 is 1.92 bits per heavy atom. The van der Waals surface area contributed by atoms with E-state index in [2.05, 4.69) is 5.32 Å². The molecule has 1 aromatic rings. The molecular formula is C28H43NO8. The lowest BCUT2D eigenvalue weighted by atomic mass is 10.0. The highest BCUT2D eigenvalue weighted by Gasteiger charge is 2.23. The molecule has 2 atom stereocenters.